The summed E-state index contributed by atoms with van der Waals surface area (Å²) in [4.78, 5) is 16.4. The van der Waals surface area contributed by atoms with Crippen molar-refractivity contribution in [1.29, 1.82) is 0 Å². The number of methoxy groups -OCH3 is 1. The van der Waals surface area contributed by atoms with Gasteiger partial charge in [0.1, 0.15) is 0 Å². The van der Waals surface area contributed by atoms with Crippen molar-refractivity contribution in [2.45, 2.75) is 63.5 Å². The average Bonchev–Trinajstić information content (AvgIpc) is 3.21. The maximum Gasteiger partial charge on any atom is 0.309 e. The molecule has 2 saturated heterocycles. The Morgan fingerprint density at radius 2 is 2.07 bits per heavy atom. The number of hydrogen-bond donors (Lipinski definition) is 1. The molecule has 27 heavy (non-hydrogen) atoms. The Bertz CT molecular complexity index is 681. The number of carbonyl (C=O) groups is 1. The molecule has 8 heteroatoms. The van der Waals surface area contributed by atoms with Gasteiger partial charge in [-0.1, -0.05) is 25.8 Å². The van der Waals surface area contributed by atoms with Crippen molar-refractivity contribution in [3.63, 3.8) is 0 Å². The van der Waals surface area contributed by atoms with Crippen LogP contribution in [-0.2, 0) is 19.6 Å². The molecule has 1 N–H and O–H groups in total. The third kappa shape index (κ3) is 6.27. The number of ether oxygens (including phenoxy) is 1. The zero-order chi connectivity index (χ0) is 20.0. The SMILES string of the molecule is CCCCCN1[C@@H]2CC[C@@H]1[C@@H](c1cccs1)[C@@H](C(=O)OC)C2.CS(=O)(=O)O. The first-order valence-corrected chi connectivity index (χ1v) is 12.3. The standard InChI is InChI=1S/C18H27NO2S.CH4O3S/c1-3-4-5-10-19-13-8-9-15(19)17(16-7-6-11-22-16)14(12-13)18(20)21-2;1-5(2,3)4/h6-7,11,13-15,17H,3-5,8-10,12H2,1-2H3;1H3,(H,2,3,4)/t13-,14+,15-,17+;/m1./s1. The van der Waals surface area contributed by atoms with Gasteiger partial charge in [-0.25, -0.2) is 0 Å². The number of hydrogen-bond acceptors (Lipinski definition) is 6. The van der Waals surface area contributed by atoms with Gasteiger partial charge < -0.3 is 4.74 Å². The molecule has 2 aliphatic heterocycles. The van der Waals surface area contributed by atoms with E-state index in [1.807, 2.05) is 0 Å². The fourth-order valence-corrected chi connectivity index (χ4v) is 5.42. The normalized spacial score (nSPS) is 27.7. The summed E-state index contributed by atoms with van der Waals surface area (Å²) in [5.41, 5.74) is 0. The van der Waals surface area contributed by atoms with Crippen LogP contribution in [0.5, 0.6) is 0 Å². The summed E-state index contributed by atoms with van der Waals surface area (Å²) >= 11 is 1.79. The third-order valence-corrected chi connectivity index (χ3v) is 6.43. The van der Waals surface area contributed by atoms with Crippen molar-refractivity contribution >= 4 is 27.4 Å². The molecule has 4 atom stereocenters. The Kier molecular flexibility index (Phi) is 8.27. The molecule has 2 bridgehead atoms. The molecule has 154 valence electrons. The van der Waals surface area contributed by atoms with Crippen LogP contribution in [0.25, 0.3) is 0 Å². The van der Waals surface area contributed by atoms with Gasteiger partial charge >= 0.3 is 5.97 Å². The van der Waals surface area contributed by atoms with E-state index in [1.54, 1.807) is 11.3 Å². The molecule has 0 amide bonds. The summed E-state index contributed by atoms with van der Waals surface area (Å²) in [5.74, 6) is 0.361. The topological polar surface area (TPSA) is 83.9 Å². The minimum absolute atomic E-state index is 0.0106. The summed E-state index contributed by atoms with van der Waals surface area (Å²) in [7, 11) is -2.14. The number of nitrogens with zero attached hydrogens (tertiary/aromatic N) is 1. The first-order valence-electron chi connectivity index (χ1n) is 9.55. The Balaban J connectivity index is 0.000000465. The fourth-order valence-electron chi connectivity index (χ4n) is 4.47. The zero-order valence-corrected chi connectivity index (χ0v) is 18.0. The monoisotopic (exact) mass is 417 g/mol. The van der Waals surface area contributed by atoms with Crippen LogP contribution >= 0.6 is 11.3 Å². The number of unbranched alkanes of at least 4 members (excludes halogenated alkanes) is 2. The lowest BCUT2D eigenvalue weighted by Crippen LogP contribution is -2.49. The zero-order valence-electron chi connectivity index (χ0n) is 16.3. The van der Waals surface area contributed by atoms with Crippen molar-refractivity contribution in [2.75, 3.05) is 19.9 Å². The Hall–Kier alpha value is -0.960. The van der Waals surface area contributed by atoms with E-state index >= 15 is 0 Å². The summed E-state index contributed by atoms with van der Waals surface area (Å²) in [6.07, 6.45) is 8.01. The van der Waals surface area contributed by atoms with Gasteiger partial charge in [0.25, 0.3) is 10.1 Å². The average molecular weight is 418 g/mol. The van der Waals surface area contributed by atoms with Crippen molar-refractivity contribution in [3.8, 4) is 0 Å². The quantitative estimate of drug-likeness (QED) is 0.433. The molecule has 0 saturated carbocycles. The molecule has 3 rings (SSSR count). The highest BCUT2D eigenvalue weighted by Gasteiger charge is 2.50. The molecule has 3 heterocycles. The van der Waals surface area contributed by atoms with Crippen molar-refractivity contribution in [2.24, 2.45) is 5.92 Å². The van der Waals surface area contributed by atoms with E-state index in [1.165, 1.54) is 50.6 Å². The van der Waals surface area contributed by atoms with Crippen molar-refractivity contribution in [3.05, 3.63) is 22.4 Å². The number of fused-ring (bicyclic) bond motifs is 2. The lowest BCUT2D eigenvalue weighted by molar-refractivity contribution is -0.149. The lowest BCUT2D eigenvalue weighted by Gasteiger charge is -2.43. The van der Waals surface area contributed by atoms with E-state index < -0.39 is 10.1 Å². The van der Waals surface area contributed by atoms with E-state index in [9.17, 15) is 13.2 Å². The second-order valence-corrected chi connectivity index (χ2v) is 9.83. The molecule has 2 fully saturated rings. The number of carbonyl (C=O) groups excluding carboxylic acids is 1. The summed E-state index contributed by atoms with van der Waals surface area (Å²) in [5, 5.41) is 2.13. The van der Waals surface area contributed by atoms with Crippen LogP contribution in [0.2, 0.25) is 0 Å². The molecule has 0 spiro atoms. The summed E-state index contributed by atoms with van der Waals surface area (Å²) < 4.78 is 31.0. The lowest BCUT2D eigenvalue weighted by atomic mass is 9.79. The van der Waals surface area contributed by atoms with Crippen molar-refractivity contribution < 1.29 is 22.5 Å². The molecule has 0 radical (unpaired) electrons. The van der Waals surface area contributed by atoms with E-state index in [0.29, 0.717) is 24.3 Å². The number of piperidine rings is 1. The fraction of sp³-hybridized carbons (Fsp3) is 0.737. The van der Waals surface area contributed by atoms with E-state index in [4.69, 9.17) is 9.29 Å². The molecule has 0 aliphatic carbocycles. The largest absolute Gasteiger partial charge is 0.469 e. The maximum atomic E-state index is 12.3. The molecule has 1 aromatic heterocycles. The van der Waals surface area contributed by atoms with Crippen LogP contribution in [0.15, 0.2) is 17.5 Å². The maximum absolute atomic E-state index is 12.3. The smallest absolute Gasteiger partial charge is 0.309 e. The minimum atomic E-state index is -3.67. The van der Waals surface area contributed by atoms with Crippen LogP contribution in [0.3, 0.4) is 0 Å². The Morgan fingerprint density at radius 1 is 1.37 bits per heavy atom. The predicted octanol–water partition coefficient (Wildman–Crippen LogP) is 3.55. The van der Waals surface area contributed by atoms with Gasteiger partial charge in [0.05, 0.1) is 19.3 Å². The molecule has 0 aromatic carbocycles. The van der Waals surface area contributed by atoms with Gasteiger partial charge in [0.2, 0.25) is 0 Å². The molecule has 6 nitrogen and oxygen atoms in total. The van der Waals surface area contributed by atoms with Gasteiger partial charge in [-0.3, -0.25) is 14.2 Å². The number of rotatable bonds is 6. The van der Waals surface area contributed by atoms with E-state index in [2.05, 4.69) is 29.3 Å². The summed E-state index contributed by atoms with van der Waals surface area (Å²) in [6.45, 7) is 3.45. The summed E-state index contributed by atoms with van der Waals surface area (Å²) in [6, 6.07) is 5.42. The van der Waals surface area contributed by atoms with E-state index in [0.717, 1.165) is 6.42 Å². The van der Waals surface area contributed by atoms with Gasteiger partial charge in [-0.15, -0.1) is 11.3 Å². The first-order chi connectivity index (χ1) is 12.8. The Morgan fingerprint density at radius 3 is 2.63 bits per heavy atom. The number of thiophene rings is 1. The van der Waals surface area contributed by atoms with Crippen LogP contribution in [-0.4, -0.2) is 55.8 Å². The highest BCUT2D eigenvalue weighted by molar-refractivity contribution is 7.85. The number of esters is 1. The molecule has 2 aliphatic rings. The molecule has 0 unspecified atom stereocenters. The van der Waals surface area contributed by atoms with Crippen LogP contribution in [0.1, 0.15) is 56.2 Å². The minimum Gasteiger partial charge on any atom is -0.469 e. The van der Waals surface area contributed by atoms with Crippen LogP contribution in [0.4, 0.5) is 0 Å². The highest BCUT2D eigenvalue weighted by Crippen LogP contribution is 2.48. The highest BCUT2D eigenvalue weighted by atomic mass is 32.2. The Labute approximate surface area is 166 Å². The predicted molar refractivity (Wildman–Crippen MR) is 108 cm³/mol. The molecule has 1 aromatic rings. The van der Waals surface area contributed by atoms with Crippen molar-refractivity contribution in [1.82, 2.24) is 4.90 Å². The van der Waals surface area contributed by atoms with Gasteiger partial charge in [0, 0.05) is 22.9 Å². The second kappa shape index (κ2) is 10.0. The molecular weight excluding hydrogens is 386 g/mol. The van der Waals surface area contributed by atoms with Crippen LogP contribution in [0, 0.1) is 5.92 Å². The second-order valence-electron chi connectivity index (χ2n) is 7.38. The van der Waals surface area contributed by atoms with E-state index in [-0.39, 0.29) is 11.9 Å². The van der Waals surface area contributed by atoms with Crippen LogP contribution < -0.4 is 0 Å². The van der Waals surface area contributed by atoms with Gasteiger partial charge in [-0.05, 0) is 43.7 Å². The third-order valence-electron chi connectivity index (χ3n) is 5.46. The van der Waals surface area contributed by atoms with Gasteiger partial charge in [-0.2, -0.15) is 8.42 Å². The van der Waals surface area contributed by atoms with Gasteiger partial charge in [0.15, 0.2) is 0 Å². The molecular formula is C19H31NO5S2. The first kappa shape index (κ1) is 22.3.